The zero-order valence-electron chi connectivity index (χ0n) is 9.38. The Hall–Kier alpha value is -1.03. The van der Waals surface area contributed by atoms with Crippen molar-refractivity contribution < 1.29 is 13.2 Å². The number of benzene rings is 1. The standard InChI is InChI=1S/C12H16F3N/c1-9(2)11(12(13,14)15)16-8-10-6-4-3-5-7-10/h3-7,9,11,16H,8H2,1-2H3/t11-/m0/s1. The van der Waals surface area contributed by atoms with Gasteiger partial charge in [-0.2, -0.15) is 13.2 Å². The summed E-state index contributed by atoms with van der Waals surface area (Å²) in [6.45, 7) is 3.37. The van der Waals surface area contributed by atoms with E-state index in [0.717, 1.165) is 5.56 Å². The van der Waals surface area contributed by atoms with Gasteiger partial charge in [0.05, 0.1) is 0 Å². The van der Waals surface area contributed by atoms with E-state index >= 15 is 0 Å². The molecule has 1 aromatic carbocycles. The number of nitrogens with one attached hydrogen (secondary N) is 1. The maximum atomic E-state index is 12.6. The topological polar surface area (TPSA) is 12.0 Å². The fraction of sp³-hybridized carbons (Fsp3) is 0.500. The van der Waals surface area contributed by atoms with E-state index in [4.69, 9.17) is 0 Å². The Kier molecular flexibility index (Phi) is 4.35. The van der Waals surface area contributed by atoms with Crippen LogP contribution in [-0.2, 0) is 6.54 Å². The lowest BCUT2D eigenvalue weighted by Crippen LogP contribution is -2.45. The first-order valence-electron chi connectivity index (χ1n) is 5.25. The molecule has 1 N–H and O–H groups in total. The summed E-state index contributed by atoms with van der Waals surface area (Å²) in [5.41, 5.74) is 0.859. The van der Waals surface area contributed by atoms with Crippen LogP contribution in [0, 0.1) is 5.92 Å². The van der Waals surface area contributed by atoms with Gasteiger partial charge in [-0.15, -0.1) is 0 Å². The Balaban J connectivity index is 2.58. The number of alkyl halides is 3. The fourth-order valence-electron chi connectivity index (χ4n) is 1.55. The van der Waals surface area contributed by atoms with Crippen LogP contribution >= 0.6 is 0 Å². The van der Waals surface area contributed by atoms with Gasteiger partial charge in [-0.25, -0.2) is 0 Å². The molecule has 0 heterocycles. The van der Waals surface area contributed by atoms with Gasteiger partial charge in [0.1, 0.15) is 6.04 Å². The number of rotatable bonds is 4. The van der Waals surface area contributed by atoms with E-state index in [1.165, 1.54) is 0 Å². The molecule has 0 bridgehead atoms. The predicted molar refractivity (Wildman–Crippen MR) is 58.0 cm³/mol. The van der Waals surface area contributed by atoms with Crippen molar-refractivity contribution in [2.45, 2.75) is 32.6 Å². The molecule has 0 aliphatic rings. The number of halogens is 3. The summed E-state index contributed by atoms with van der Waals surface area (Å²) in [7, 11) is 0. The largest absolute Gasteiger partial charge is 0.404 e. The summed E-state index contributed by atoms with van der Waals surface area (Å²) < 4.78 is 37.8. The van der Waals surface area contributed by atoms with E-state index in [-0.39, 0.29) is 6.54 Å². The molecule has 16 heavy (non-hydrogen) atoms. The van der Waals surface area contributed by atoms with Crippen LogP contribution < -0.4 is 5.32 Å². The van der Waals surface area contributed by atoms with Gasteiger partial charge in [-0.3, -0.25) is 0 Å². The van der Waals surface area contributed by atoms with Crippen LogP contribution in [0.1, 0.15) is 19.4 Å². The second-order valence-corrected chi connectivity index (χ2v) is 4.13. The van der Waals surface area contributed by atoms with Gasteiger partial charge in [0, 0.05) is 6.54 Å². The van der Waals surface area contributed by atoms with Gasteiger partial charge in [0.15, 0.2) is 0 Å². The molecule has 0 saturated heterocycles. The van der Waals surface area contributed by atoms with E-state index in [1.807, 2.05) is 18.2 Å². The molecule has 1 nitrogen and oxygen atoms in total. The summed E-state index contributed by atoms with van der Waals surface area (Å²) in [4.78, 5) is 0. The molecule has 1 atom stereocenters. The molecule has 0 unspecified atom stereocenters. The van der Waals surface area contributed by atoms with Crippen LogP contribution in [0.4, 0.5) is 13.2 Å². The molecule has 1 aromatic rings. The first-order valence-corrected chi connectivity index (χ1v) is 5.25. The van der Waals surface area contributed by atoms with Crippen LogP contribution in [0.3, 0.4) is 0 Å². The minimum absolute atomic E-state index is 0.239. The molecule has 0 amide bonds. The minimum Gasteiger partial charge on any atom is -0.302 e. The first-order chi connectivity index (χ1) is 7.41. The number of hydrogen-bond acceptors (Lipinski definition) is 1. The third kappa shape index (κ3) is 3.85. The molecule has 90 valence electrons. The highest BCUT2D eigenvalue weighted by Crippen LogP contribution is 2.25. The van der Waals surface area contributed by atoms with Crippen LogP contribution in [0.15, 0.2) is 30.3 Å². The lowest BCUT2D eigenvalue weighted by molar-refractivity contribution is -0.165. The van der Waals surface area contributed by atoms with Gasteiger partial charge in [0.2, 0.25) is 0 Å². The molecule has 0 radical (unpaired) electrons. The van der Waals surface area contributed by atoms with E-state index in [9.17, 15) is 13.2 Å². The molecule has 0 spiro atoms. The highest BCUT2D eigenvalue weighted by molar-refractivity contribution is 5.14. The molecule has 0 aliphatic carbocycles. The second kappa shape index (κ2) is 5.34. The molecule has 0 fully saturated rings. The van der Waals surface area contributed by atoms with Crippen molar-refractivity contribution in [3.63, 3.8) is 0 Å². The molecule has 0 aliphatic heterocycles. The Morgan fingerprint density at radius 3 is 2.12 bits per heavy atom. The fourth-order valence-corrected chi connectivity index (χ4v) is 1.55. The summed E-state index contributed by atoms with van der Waals surface area (Å²) in [6.07, 6.45) is -4.19. The van der Waals surface area contributed by atoms with Crippen LogP contribution in [0.5, 0.6) is 0 Å². The monoisotopic (exact) mass is 231 g/mol. The lowest BCUT2D eigenvalue weighted by Gasteiger charge is -2.25. The SMILES string of the molecule is CC(C)[C@H](NCc1ccccc1)C(F)(F)F. The third-order valence-corrected chi connectivity index (χ3v) is 2.39. The van der Waals surface area contributed by atoms with Crippen molar-refractivity contribution in [2.75, 3.05) is 0 Å². The maximum absolute atomic E-state index is 12.6. The predicted octanol–water partition coefficient (Wildman–Crippen LogP) is 3.36. The van der Waals surface area contributed by atoms with Crippen molar-refractivity contribution in [3.8, 4) is 0 Å². The summed E-state index contributed by atoms with van der Waals surface area (Å²) in [6, 6.07) is 7.63. The zero-order chi connectivity index (χ0) is 12.2. The highest BCUT2D eigenvalue weighted by Gasteiger charge is 2.40. The van der Waals surface area contributed by atoms with E-state index < -0.39 is 18.1 Å². The van der Waals surface area contributed by atoms with Gasteiger partial charge in [-0.1, -0.05) is 44.2 Å². The van der Waals surface area contributed by atoms with Gasteiger partial charge >= 0.3 is 6.18 Å². The Labute approximate surface area is 93.7 Å². The molecule has 1 rings (SSSR count). The minimum atomic E-state index is -4.19. The summed E-state index contributed by atoms with van der Waals surface area (Å²) in [5, 5.41) is 2.55. The molecular formula is C12H16F3N. The van der Waals surface area contributed by atoms with Gasteiger partial charge in [-0.05, 0) is 11.5 Å². The van der Waals surface area contributed by atoms with Gasteiger partial charge < -0.3 is 5.32 Å². The Morgan fingerprint density at radius 1 is 1.12 bits per heavy atom. The van der Waals surface area contributed by atoms with E-state index in [2.05, 4.69) is 5.32 Å². The van der Waals surface area contributed by atoms with Crippen molar-refractivity contribution in [3.05, 3.63) is 35.9 Å². The van der Waals surface area contributed by atoms with Crippen molar-refractivity contribution in [2.24, 2.45) is 5.92 Å². The highest BCUT2D eigenvalue weighted by atomic mass is 19.4. The number of hydrogen-bond donors (Lipinski definition) is 1. The van der Waals surface area contributed by atoms with Gasteiger partial charge in [0.25, 0.3) is 0 Å². The third-order valence-electron chi connectivity index (χ3n) is 2.39. The molecule has 4 heteroatoms. The molecular weight excluding hydrogens is 215 g/mol. The summed E-state index contributed by atoms with van der Waals surface area (Å²) in [5.74, 6) is -0.469. The average Bonchev–Trinajstić information content (AvgIpc) is 2.17. The molecule has 0 saturated carbocycles. The van der Waals surface area contributed by atoms with Crippen molar-refractivity contribution in [1.29, 1.82) is 0 Å². The van der Waals surface area contributed by atoms with Crippen LogP contribution in [0.2, 0.25) is 0 Å². The van der Waals surface area contributed by atoms with E-state index in [0.29, 0.717) is 0 Å². The van der Waals surface area contributed by atoms with Crippen LogP contribution in [-0.4, -0.2) is 12.2 Å². The average molecular weight is 231 g/mol. The zero-order valence-corrected chi connectivity index (χ0v) is 9.38. The summed E-state index contributed by atoms with van der Waals surface area (Å²) >= 11 is 0. The maximum Gasteiger partial charge on any atom is 0.404 e. The van der Waals surface area contributed by atoms with Crippen molar-refractivity contribution >= 4 is 0 Å². The first kappa shape index (κ1) is 13.0. The Morgan fingerprint density at radius 2 is 1.69 bits per heavy atom. The lowest BCUT2D eigenvalue weighted by atomic mass is 10.0. The smallest absolute Gasteiger partial charge is 0.302 e. The van der Waals surface area contributed by atoms with E-state index in [1.54, 1.807) is 26.0 Å². The van der Waals surface area contributed by atoms with Crippen LogP contribution in [0.25, 0.3) is 0 Å². The Bertz CT molecular complexity index is 306. The second-order valence-electron chi connectivity index (χ2n) is 4.13. The van der Waals surface area contributed by atoms with Crippen molar-refractivity contribution in [1.82, 2.24) is 5.32 Å². The molecule has 0 aromatic heterocycles. The quantitative estimate of drug-likeness (QED) is 0.837. The normalized spacial score (nSPS) is 14.1.